The topological polar surface area (TPSA) is 59.1 Å². The van der Waals surface area contributed by atoms with Crippen molar-refractivity contribution in [3.8, 4) is 0 Å². The van der Waals surface area contributed by atoms with Crippen molar-refractivity contribution in [1.82, 2.24) is 9.80 Å². The van der Waals surface area contributed by atoms with E-state index in [0.717, 1.165) is 57.3 Å². The highest BCUT2D eigenvalue weighted by atomic mass is 16.6. The van der Waals surface area contributed by atoms with Crippen LogP contribution in [0.15, 0.2) is 30.3 Å². The fourth-order valence-electron chi connectivity index (χ4n) is 3.38. The first kappa shape index (κ1) is 23.4. The largest absolute Gasteiger partial charge is 0.444 e. The molecule has 0 saturated carbocycles. The number of carbonyl (C=O) groups excluding carboxylic acids is 2. The molecule has 0 radical (unpaired) electrons. The van der Waals surface area contributed by atoms with Crippen LogP contribution in [0.25, 0.3) is 0 Å². The third-order valence-corrected chi connectivity index (χ3v) is 4.94. The van der Waals surface area contributed by atoms with Crippen LogP contribution in [0.3, 0.4) is 0 Å². The van der Waals surface area contributed by atoms with E-state index in [1.165, 1.54) is 0 Å². The Bertz CT molecular complexity index is 615. The quantitative estimate of drug-likeness (QED) is 0.585. The Morgan fingerprint density at radius 1 is 1.10 bits per heavy atom. The van der Waals surface area contributed by atoms with Crippen LogP contribution >= 0.6 is 0 Å². The van der Waals surface area contributed by atoms with Gasteiger partial charge in [0, 0.05) is 32.6 Å². The number of hydrogen-bond donors (Lipinski definition) is 0. The van der Waals surface area contributed by atoms with Crippen LogP contribution in [0.1, 0.15) is 52.0 Å². The fraction of sp³-hybridized carbons (Fsp3) is 0.652. The van der Waals surface area contributed by atoms with Crippen molar-refractivity contribution in [3.05, 3.63) is 35.9 Å². The highest BCUT2D eigenvalue weighted by molar-refractivity contribution is 5.68. The minimum absolute atomic E-state index is 0.0608. The summed E-state index contributed by atoms with van der Waals surface area (Å²) in [7, 11) is 0. The smallest absolute Gasteiger partial charge is 0.410 e. The van der Waals surface area contributed by atoms with E-state index in [4.69, 9.17) is 9.47 Å². The van der Waals surface area contributed by atoms with Crippen molar-refractivity contribution < 1.29 is 19.1 Å². The Morgan fingerprint density at radius 3 is 2.55 bits per heavy atom. The highest BCUT2D eigenvalue weighted by Crippen LogP contribution is 2.15. The lowest BCUT2D eigenvalue weighted by atomic mass is 10.1. The van der Waals surface area contributed by atoms with Crippen LogP contribution in [0.2, 0.25) is 0 Å². The lowest BCUT2D eigenvalue weighted by Crippen LogP contribution is -2.39. The fourth-order valence-corrected chi connectivity index (χ4v) is 3.38. The lowest BCUT2D eigenvalue weighted by Gasteiger charge is -2.27. The van der Waals surface area contributed by atoms with Crippen molar-refractivity contribution in [2.45, 2.75) is 64.8 Å². The van der Waals surface area contributed by atoms with E-state index < -0.39 is 5.60 Å². The number of nitrogens with zero attached hydrogens (tertiary/aromatic N) is 2. The number of rotatable bonds is 9. The second-order valence-electron chi connectivity index (χ2n) is 8.61. The van der Waals surface area contributed by atoms with Gasteiger partial charge in [0.15, 0.2) is 0 Å². The van der Waals surface area contributed by atoms with Crippen molar-refractivity contribution in [2.75, 3.05) is 32.7 Å². The normalized spacial score (nSPS) is 16.9. The molecule has 29 heavy (non-hydrogen) atoms. The number of aldehydes is 1. The van der Waals surface area contributed by atoms with Crippen LogP contribution in [-0.2, 0) is 20.9 Å². The first-order valence-corrected chi connectivity index (χ1v) is 10.7. The number of hydrogen-bond acceptors (Lipinski definition) is 5. The number of amides is 1. The van der Waals surface area contributed by atoms with Gasteiger partial charge >= 0.3 is 6.09 Å². The van der Waals surface area contributed by atoms with E-state index in [2.05, 4.69) is 17.0 Å². The van der Waals surface area contributed by atoms with Crippen molar-refractivity contribution >= 4 is 12.4 Å². The molecule has 1 aromatic carbocycles. The minimum Gasteiger partial charge on any atom is -0.444 e. The van der Waals surface area contributed by atoms with Gasteiger partial charge in [-0.15, -0.1) is 0 Å². The second-order valence-corrected chi connectivity index (χ2v) is 8.61. The maximum atomic E-state index is 12.3. The summed E-state index contributed by atoms with van der Waals surface area (Å²) < 4.78 is 11.6. The molecule has 1 saturated heterocycles. The molecule has 1 aromatic rings. The summed E-state index contributed by atoms with van der Waals surface area (Å²) in [6.45, 7) is 10.3. The van der Waals surface area contributed by atoms with Gasteiger partial charge in [0.1, 0.15) is 11.9 Å². The molecule has 1 aliphatic rings. The Labute approximate surface area is 175 Å². The summed E-state index contributed by atoms with van der Waals surface area (Å²) >= 11 is 0. The maximum absolute atomic E-state index is 12.3. The van der Waals surface area contributed by atoms with E-state index in [1.54, 1.807) is 4.90 Å². The van der Waals surface area contributed by atoms with Crippen LogP contribution < -0.4 is 0 Å². The van der Waals surface area contributed by atoms with E-state index >= 15 is 0 Å². The Morgan fingerprint density at radius 2 is 1.86 bits per heavy atom. The molecule has 6 heteroatoms. The second kappa shape index (κ2) is 11.9. The van der Waals surface area contributed by atoms with Gasteiger partial charge in [0.2, 0.25) is 0 Å². The Kier molecular flexibility index (Phi) is 9.61. The minimum atomic E-state index is -0.467. The van der Waals surface area contributed by atoms with E-state index in [-0.39, 0.29) is 12.2 Å². The van der Waals surface area contributed by atoms with Gasteiger partial charge in [-0.05, 0) is 52.1 Å². The molecule has 0 aliphatic carbocycles. The monoisotopic (exact) mass is 404 g/mol. The zero-order chi connectivity index (χ0) is 21.1. The average Bonchev–Trinajstić information content (AvgIpc) is 2.93. The van der Waals surface area contributed by atoms with Gasteiger partial charge in [0.05, 0.1) is 12.7 Å². The third-order valence-electron chi connectivity index (χ3n) is 4.94. The van der Waals surface area contributed by atoms with Crippen molar-refractivity contribution in [2.24, 2.45) is 0 Å². The van der Waals surface area contributed by atoms with Crippen molar-refractivity contribution in [3.63, 3.8) is 0 Å². The van der Waals surface area contributed by atoms with Gasteiger partial charge < -0.3 is 24.1 Å². The predicted molar refractivity (Wildman–Crippen MR) is 114 cm³/mol. The predicted octanol–water partition coefficient (Wildman–Crippen LogP) is 3.88. The summed E-state index contributed by atoms with van der Waals surface area (Å²) in [6, 6.07) is 10.1. The molecule has 1 aliphatic heterocycles. The van der Waals surface area contributed by atoms with Gasteiger partial charge in [-0.1, -0.05) is 30.3 Å². The molecule has 162 valence electrons. The Balaban J connectivity index is 1.79. The molecule has 1 fully saturated rings. The molecular weight excluding hydrogens is 368 g/mol. The van der Waals surface area contributed by atoms with Gasteiger partial charge in [-0.2, -0.15) is 0 Å². The molecule has 0 spiro atoms. The summed E-state index contributed by atoms with van der Waals surface area (Å²) in [6.07, 6.45) is 3.87. The summed E-state index contributed by atoms with van der Waals surface area (Å²) in [4.78, 5) is 27.3. The van der Waals surface area contributed by atoms with Gasteiger partial charge in [-0.25, -0.2) is 4.79 Å². The lowest BCUT2D eigenvalue weighted by molar-refractivity contribution is -0.108. The van der Waals surface area contributed by atoms with E-state index in [0.29, 0.717) is 19.6 Å². The van der Waals surface area contributed by atoms with Crippen molar-refractivity contribution in [1.29, 1.82) is 0 Å². The highest BCUT2D eigenvalue weighted by Gasteiger charge is 2.24. The van der Waals surface area contributed by atoms with Crippen LogP contribution in [0.4, 0.5) is 4.79 Å². The molecule has 0 bridgehead atoms. The van der Waals surface area contributed by atoms with Crippen LogP contribution in [0, 0.1) is 0 Å². The standard InChI is InChI=1S/C23H36N2O4/c1-23(2,3)29-22(27)25-14-8-13-24(16-17-25)15-12-21(11-7-18-26)28-19-20-9-5-4-6-10-20/h4-6,9-10,18,21H,7-8,11-17,19H2,1-3H3. The maximum Gasteiger partial charge on any atom is 0.410 e. The zero-order valence-corrected chi connectivity index (χ0v) is 18.1. The summed E-state index contributed by atoms with van der Waals surface area (Å²) in [5.41, 5.74) is 0.678. The molecule has 6 nitrogen and oxygen atoms in total. The zero-order valence-electron chi connectivity index (χ0n) is 18.1. The summed E-state index contributed by atoms with van der Waals surface area (Å²) in [5.74, 6) is 0. The van der Waals surface area contributed by atoms with Gasteiger partial charge in [-0.3, -0.25) is 0 Å². The molecular formula is C23H36N2O4. The SMILES string of the molecule is CC(C)(C)OC(=O)N1CCCN(CCC(CCC=O)OCc2ccccc2)CC1. The number of benzene rings is 1. The molecule has 1 unspecified atom stereocenters. The van der Waals surface area contributed by atoms with E-state index in [9.17, 15) is 9.59 Å². The molecule has 1 heterocycles. The van der Waals surface area contributed by atoms with Crippen LogP contribution in [-0.4, -0.2) is 66.6 Å². The molecule has 1 atom stereocenters. The Hall–Kier alpha value is -1.92. The first-order valence-electron chi connectivity index (χ1n) is 10.7. The van der Waals surface area contributed by atoms with E-state index in [1.807, 2.05) is 39.0 Å². The van der Waals surface area contributed by atoms with Crippen LogP contribution in [0.5, 0.6) is 0 Å². The molecule has 1 amide bonds. The van der Waals surface area contributed by atoms with Gasteiger partial charge in [0.25, 0.3) is 0 Å². The molecule has 0 aromatic heterocycles. The average molecular weight is 405 g/mol. The molecule has 0 N–H and O–H groups in total. The molecule has 2 rings (SSSR count). The summed E-state index contributed by atoms with van der Waals surface area (Å²) in [5, 5.41) is 0. The number of carbonyl (C=O) groups is 2. The first-order chi connectivity index (χ1) is 13.9. The number of ether oxygens (including phenoxy) is 2. The third kappa shape index (κ3) is 9.41.